The minimum absolute atomic E-state index is 0.335. The molecule has 3 rings (SSSR count). The first kappa shape index (κ1) is 13.9. The summed E-state index contributed by atoms with van der Waals surface area (Å²) in [5, 5.41) is 10.0. The zero-order valence-corrected chi connectivity index (χ0v) is 11.2. The van der Waals surface area contributed by atoms with E-state index >= 15 is 0 Å². The van der Waals surface area contributed by atoms with Gasteiger partial charge in [0.15, 0.2) is 12.6 Å². The zero-order chi connectivity index (χ0) is 14.1. The van der Waals surface area contributed by atoms with E-state index in [1.165, 1.54) is 7.11 Å². The van der Waals surface area contributed by atoms with Crippen molar-refractivity contribution in [2.45, 2.75) is 36.9 Å². The molecular weight excluding hydrogens is 262 g/mol. The van der Waals surface area contributed by atoms with Crippen LogP contribution in [0.4, 0.5) is 0 Å². The molecule has 2 fully saturated rings. The van der Waals surface area contributed by atoms with Gasteiger partial charge in [-0.05, 0) is 0 Å². The lowest BCUT2D eigenvalue weighted by Gasteiger charge is -2.46. The largest absolute Gasteiger partial charge is 0.386 e. The Morgan fingerprint density at radius 1 is 1.25 bits per heavy atom. The van der Waals surface area contributed by atoms with Crippen LogP contribution in [-0.4, -0.2) is 49.5 Å². The molecule has 2 aliphatic rings. The SMILES string of the molecule is CO[C@H]1O[C@@H]2CO[C@@H](c3ccccc3)O[C@H]2[C@@H](N)[C@H]1O. The molecule has 20 heavy (non-hydrogen) atoms. The molecule has 2 saturated heterocycles. The van der Waals surface area contributed by atoms with Crippen LogP contribution in [-0.2, 0) is 18.9 Å². The normalized spacial score (nSPS) is 41.1. The number of methoxy groups -OCH3 is 1. The first-order valence-electron chi connectivity index (χ1n) is 6.64. The van der Waals surface area contributed by atoms with Gasteiger partial charge in [-0.1, -0.05) is 30.3 Å². The van der Waals surface area contributed by atoms with Gasteiger partial charge in [0.25, 0.3) is 0 Å². The van der Waals surface area contributed by atoms with Crippen LogP contribution >= 0.6 is 0 Å². The first-order chi connectivity index (χ1) is 9.70. The Bertz CT molecular complexity index is 440. The summed E-state index contributed by atoms with van der Waals surface area (Å²) in [4.78, 5) is 0. The first-order valence-corrected chi connectivity index (χ1v) is 6.64. The van der Waals surface area contributed by atoms with E-state index in [4.69, 9.17) is 24.7 Å². The molecule has 0 aliphatic carbocycles. The minimum atomic E-state index is -0.921. The van der Waals surface area contributed by atoms with Crippen molar-refractivity contribution in [3.63, 3.8) is 0 Å². The molecule has 0 amide bonds. The molecule has 6 nitrogen and oxygen atoms in total. The van der Waals surface area contributed by atoms with Crippen molar-refractivity contribution in [1.82, 2.24) is 0 Å². The van der Waals surface area contributed by atoms with Gasteiger partial charge in [0.1, 0.15) is 18.3 Å². The van der Waals surface area contributed by atoms with Gasteiger partial charge >= 0.3 is 0 Å². The number of fused-ring (bicyclic) bond motifs is 1. The number of benzene rings is 1. The van der Waals surface area contributed by atoms with Gasteiger partial charge in [0.2, 0.25) is 0 Å². The molecule has 1 aromatic carbocycles. The summed E-state index contributed by atoms with van der Waals surface area (Å²) in [5.74, 6) is 0. The number of rotatable bonds is 2. The van der Waals surface area contributed by atoms with Gasteiger partial charge < -0.3 is 29.8 Å². The summed E-state index contributed by atoms with van der Waals surface area (Å²) in [6.45, 7) is 0.352. The summed E-state index contributed by atoms with van der Waals surface area (Å²) in [6.07, 6.45) is -2.91. The lowest BCUT2D eigenvalue weighted by molar-refractivity contribution is -0.338. The molecule has 3 N–H and O–H groups in total. The topological polar surface area (TPSA) is 83.2 Å². The fraction of sp³-hybridized carbons (Fsp3) is 0.571. The van der Waals surface area contributed by atoms with E-state index in [0.717, 1.165) is 5.56 Å². The monoisotopic (exact) mass is 281 g/mol. The molecule has 110 valence electrons. The minimum Gasteiger partial charge on any atom is -0.386 e. The Balaban J connectivity index is 1.74. The average Bonchev–Trinajstić information content (AvgIpc) is 2.51. The van der Waals surface area contributed by atoms with Crippen LogP contribution in [0.3, 0.4) is 0 Å². The van der Waals surface area contributed by atoms with Gasteiger partial charge in [-0.15, -0.1) is 0 Å². The lowest BCUT2D eigenvalue weighted by Crippen LogP contribution is -2.65. The number of nitrogens with two attached hydrogens (primary N) is 1. The fourth-order valence-corrected chi connectivity index (χ4v) is 2.61. The molecule has 0 radical (unpaired) electrons. The van der Waals surface area contributed by atoms with Crippen LogP contribution in [0.15, 0.2) is 30.3 Å². The predicted octanol–water partition coefficient (Wildman–Crippen LogP) is 0.160. The van der Waals surface area contributed by atoms with Crippen LogP contribution < -0.4 is 5.73 Å². The van der Waals surface area contributed by atoms with E-state index in [1.807, 2.05) is 30.3 Å². The summed E-state index contributed by atoms with van der Waals surface area (Å²) in [6, 6.07) is 9.04. The molecule has 0 unspecified atom stereocenters. The summed E-state index contributed by atoms with van der Waals surface area (Å²) >= 11 is 0. The van der Waals surface area contributed by atoms with E-state index in [9.17, 15) is 5.11 Å². The molecule has 6 atom stereocenters. The van der Waals surface area contributed by atoms with E-state index in [0.29, 0.717) is 6.61 Å². The Hall–Kier alpha value is -1.02. The summed E-state index contributed by atoms with van der Waals surface area (Å²) in [7, 11) is 1.47. The third-order valence-electron chi connectivity index (χ3n) is 3.72. The second-order valence-electron chi connectivity index (χ2n) is 5.02. The van der Waals surface area contributed by atoms with Gasteiger partial charge in [0, 0.05) is 12.7 Å². The van der Waals surface area contributed by atoms with Crippen molar-refractivity contribution in [2.24, 2.45) is 5.73 Å². The molecule has 2 aliphatic heterocycles. The van der Waals surface area contributed by atoms with E-state index < -0.39 is 30.8 Å². The Morgan fingerprint density at radius 2 is 2.00 bits per heavy atom. The quantitative estimate of drug-likeness (QED) is 0.803. The number of hydrogen-bond donors (Lipinski definition) is 2. The van der Waals surface area contributed by atoms with Crippen LogP contribution in [0.1, 0.15) is 11.9 Å². The van der Waals surface area contributed by atoms with Crippen molar-refractivity contribution in [3.05, 3.63) is 35.9 Å². The molecule has 0 aromatic heterocycles. The van der Waals surface area contributed by atoms with Crippen LogP contribution in [0.25, 0.3) is 0 Å². The Labute approximate surface area is 117 Å². The van der Waals surface area contributed by atoms with Gasteiger partial charge in [0.05, 0.1) is 12.6 Å². The third kappa shape index (κ3) is 2.46. The number of aliphatic hydroxyl groups is 1. The Morgan fingerprint density at radius 3 is 2.70 bits per heavy atom. The van der Waals surface area contributed by atoms with E-state index in [-0.39, 0.29) is 6.10 Å². The number of aliphatic hydroxyl groups excluding tert-OH is 1. The third-order valence-corrected chi connectivity index (χ3v) is 3.72. The van der Waals surface area contributed by atoms with Crippen LogP contribution in [0.5, 0.6) is 0 Å². The highest BCUT2D eigenvalue weighted by Gasteiger charge is 2.48. The molecule has 6 heteroatoms. The van der Waals surface area contributed by atoms with Gasteiger partial charge in [-0.25, -0.2) is 0 Å². The molecular formula is C14H19NO5. The Kier molecular flexibility index (Phi) is 4.02. The van der Waals surface area contributed by atoms with Gasteiger partial charge in [-0.2, -0.15) is 0 Å². The molecule has 1 aromatic rings. The van der Waals surface area contributed by atoms with Crippen LogP contribution in [0.2, 0.25) is 0 Å². The highest BCUT2D eigenvalue weighted by molar-refractivity contribution is 5.16. The maximum atomic E-state index is 10.0. The maximum Gasteiger partial charge on any atom is 0.185 e. The fourth-order valence-electron chi connectivity index (χ4n) is 2.61. The van der Waals surface area contributed by atoms with Crippen molar-refractivity contribution in [3.8, 4) is 0 Å². The van der Waals surface area contributed by atoms with Crippen molar-refractivity contribution in [1.29, 1.82) is 0 Å². The standard InChI is InChI=1S/C14H19NO5/c1-17-14-11(16)10(15)12-9(19-14)7-18-13(20-12)8-5-3-2-4-6-8/h2-6,9-14,16H,7,15H2,1H3/t9-,10+,11-,12-,13-,14+/m1/s1. The highest BCUT2D eigenvalue weighted by atomic mass is 16.7. The number of hydrogen-bond acceptors (Lipinski definition) is 6. The second kappa shape index (κ2) is 5.77. The summed E-state index contributed by atoms with van der Waals surface area (Å²) < 4.78 is 22.2. The van der Waals surface area contributed by atoms with Crippen LogP contribution in [0, 0.1) is 0 Å². The predicted molar refractivity (Wildman–Crippen MR) is 69.7 cm³/mol. The number of ether oxygens (including phenoxy) is 4. The van der Waals surface area contributed by atoms with Crippen molar-refractivity contribution in [2.75, 3.05) is 13.7 Å². The molecule has 0 spiro atoms. The van der Waals surface area contributed by atoms with Gasteiger partial charge in [-0.3, -0.25) is 0 Å². The lowest BCUT2D eigenvalue weighted by atomic mass is 9.96. The van der Waals surface area contributed by atoms with E-state index in [2.05, 4.69) is 0 Å². The van der Waals surface area contributed by atoms with E-state index in [1.54, 1.807) is 0 Å². The van der Waals surface area contributed by atoms with Crippen molar-refractivity contribution < 1.29 is 24.1 Å². The summed E-state index contributed by atoms with van der Waals surface area (Å²) in [5.41, 5.74) is 6.97. The second-order valence-corrected chi connectivity index (χ2v) is 5.02. The smallest absolute Gasteiger partial charge is 0.185 e. The molecule has 0 bridgehead atoms. The maximum absolute atomic E-state index is 10.0. The molecule has 2 heterocycles. The average molecular weight is 281 g/mol. The highest BCUT2D eigenvalue weighted by Crippen LogP contribution is 2.33. The van der Waals surface area contributed by atoms with Crippen molar-refractivity contribution >= 4 is 0 Å². The molecule has 0 saturated carbocycles. The zero-order valence-electron chi connectivity index (χ0n) is 11.2.